The summed E-state index contributed by atoms with van der Waals surface area (Å²) in [6, 6.07) is 7.73. The average Bonchev–Trinajstić information content (AvgIpc) is 2.29. The van der Waals surface area contributed by atoms with Crippen molar-refractivity contribution >= 4 is 21.6 Å². The largest absolute Gasteiger partial charge is 0.215 e. The first-order valence-corrected chi connectivity index (χ1v) is 7.32. The van der Waals surface area contributed by atoms with Crippen molar-refractivity contribution < 1.29 is 8.42 Å². The number of benzene rings is 1. The second-order valence-electron chi connectivity index (χ2n) is 3.80. The Morgan fingerprint density at radius 2 is 2.12 bits per heavy atom. The van der Waals surface area contributed by atoms with Crippen LogP contribution in [0.4, 0.5) is 0 Å². The molecule has 0 amide bonds. The van der Waals surface area contributed by atoms with Crippen LogP contribution in [0.15, 0.2) is 24.3 Å². The number of rotatable bonds is 2. The van der Waals surface area contributed by atoms with Gasteiger partial charge in [-0.25, -0.2) is 8.42 Å². The van der Waals surface area contributed by atoms with Gasteiger partial charge in [0.05, 0.1) is 5.75 Å². The maximum absolute atomic E-state index is 11.8. The van der Waals surface area contributed by atoms with E-state index in [0.717, 1.165) is 17.5 Å². The van der Waals surface area contributed by atoms with Gasteiger partial charge in [-0.15, -0.1) is 0 Å². The van der Waals surface area contributed by atoms with Gasteiger partial charge in [-0.05, 0) is 24.5 Å². The zero-order valence-electron chi connectivity index (χ0n) is 9.06. The van der Waals surface area contributed by atoms with E-state index in [1.54, 1.807) is 6.92 Å². The van der Waals surface area contributed by atoms with Crippen LogP contribution in [0.5, 0.6) is 0 Å². The van der Waals surface area contributed by atoms with Crippen molar-refractivity contribution in [2.45, 2.75) is 18.8 Å². The van der Waals surface area contributed by atoms with Crippen LogP contribution in [0.3, 0.4) is 0 Å². The third-order valence-corrected chi connectivity index (χ3v) is 5.31. The molecule has 0 spiro atoms. The Bertz CT molecular complexity index is 487. The molecule has 16 heavy (non-hydrogen) atoms. The molecule has 2 rings (SSSR count). The van der Waals surface area contributed by atoms with E-state index in [2.05, 4.69) is 0 Å². The first-order valence-electron chi connectivity index (χ1n) is 5.27. The first-order chi connectivity index (χ1) is 7.56. The number of fused-ring (bicyclic) bond motifs is 1. The predicted molar refractivity (Wildman–Crippen MR) is 64.9 cm³/mol. The van der Waals surface area contributed by atoms with E-state index >= 15 is 0 Å². The molecule has 5 heteroatoms. The van der Waals surface area contributed by atoms with E-state index in [0.29, 0.717) is 6.54 Å². The van der Waals surface area contributed by atoms with E-state index in [4.69, 9.17) is 11.6 Å². The molecule has 0 radical (unpaired) electrons. The minimum Gasteiger partial charge on any atom is -0.212 e. The van der Waals surface area contributed by atoms with E-state index < -0.39 is 15.5 Å². The van der Waals surface area contributed by atoms with Gasteiger partial charge in [0, 0.05) is 6.54 Å². The molecule has 3 nitrogen and oxygen atoms in total. The summed E-state index contributed by atoms with van der Waals surface area (Å²) >= 11 is 6.22. The molecule has 0 unspecified atom stereocenters. The van der Waals surface area contributed by atoms with Crippen molar-refractivity contribution in [3.05, 3.63) is 35.4 Å². The fourth-order valence-electron chi connectivity index (χ4n) is 1.94. The van der Waals surface area contributed by atoms with Crippen molar-refractivity contribution in [1.82, 2.24) is 4.31 Å². The highest BCUT2D eigenvalue weighted by atomic mass is 35.5. The third kappa shape index (κ3) is 1.97. The van der Waals surface area contributed by atoms with Crippen LogP contribution in [-0.2, 0) is 16.4 Å². The Balaban J connectivity index is 2.39. The third-order valence-electron chi connectivity index (χ3n) is 2.89. The van der Waals surface area contributed by atoms with Crippen LogP contribution in [0.2, 0.25) is 0 Å². The number of halogens is 1. The second kappa shape index (κ2) is 4.35. The summed E-state index contributed by atoms with van der Waals surface area (Å²) < 4.78 is 25.0. The summed E-state index contributed by atoms with van der Waals surface area (Å²) in [5.74, 6) is 0.0956. The lowest BCUT2D eigenvalue weighted by atomic mass is 10.0. The zero-order chi connectivity index (χ0) is 11.8. The van der Waals surface area contributed by atoms with Crippen LogP contribution < -0.4 is 0 Å². The molecule has 0 aromatic heterocycles. The highest BCUT2D eigenvalue weighted by Gasteiger charge is 2.32. The van der Waals surface area contributed by atoms with Gasteiger partial charge in [-0.1, -0.05) is 35.9 Å². The molecule has 0 aliphatic carbocycles. The zero-order valence-corrected chi connectivity index (χ0v) is 10.6. The average molecular weight is 260 g/mol. The quantitative estimate of drug-likeness (QED) is 0.603. The molecule has 1 aliphatic rings. The van der Waals surface area contributed by atoms with Crippen LogP contribution in [0, 0.1) is 0 Å². The topological polar surface area (TPSA) is 37.4 Å². The Morgan fingerprint density at radius 3 is 2.81 bits per heavy atom. The summed E-state index contributed by atoms with van der Waals surface area (Å²) in [4.78, 5) is 0. The van der Waals surface area contributed by atoms with E-state index in [9.17, 15) is 8.42 Å². The van der Waals surface area contributed by atoms with Gasteiger partial charge in [0.1, 0.15) is 5.50 Å². The van der Waals surface area contributed by atoms with Crippen LogP contribution in [0.25, 0.3) is 0 Å². The number of sulfonamides is 1. The van der Waals surface area contributed by atoms with Gasteiger partial charge < -0.3 is 0 Å². The Labute approximate surface area is 101 Å². The number of hydrogen-bond acceptors (Lipinski definition) is 2. The maximum atomic E-state index is 11.8. The monoisotopic (exact) mass is 259 g/mol. The maximum Gasteiger partial charge on any atom is 0.215 e. The van der Waals surface area contributed by atoms with Crippen molar-refractivity contribution in [2.75, 3.05) is 12.3 Å². The molecule has 0 fully saturated rings. The van der Waals surface area contributed by atoms with Crippen LogP contribution in [-0.4, -0.2) is 25.0 Å². The van der Waals surface area contributed by atoms with Gasteiger partial charge in [0.25, 0.3) is 0 Å². The Morgan fingerprint density at radius 1 is 1.44 bits per heavy atom. The summed E-state index contributed by atoms with van der Waals surface area (Å²) in [7, 11) is -3.21. The van der Waals surface area contributed by atoms with Crippen molar-refractivity contribution in [3.63, 3.8) is 0 Å². The normalized spacial score (nSPS) is 21.8. The van der Waals surface area contributed by atoms with E-state index in [1.165, 1.54) is 4.31 Å². The van der Waals surface area contributed by atoms with Crippen molar-refractivity contribution in [2.24, 2.45) is 0 Å². The molecule has 1 aromatic carbocycles. The second-order valence-corrected chi connectivity index (χ2v) is 6.42. The lowest BCUT2D eigenvalue weighted by Crippen LogP contribution is -2.38. The Hall–Kier alpha value is -0.580. The summed E-state index contributed by atoms with van der Waals surface area (Å²) in [6.07, 6.45) is 0.735. The molecule has 1 aromatic rings. The number of nitrogens with zero attached hydrogens (tertiary/aromatic N) is 1. The van der Waals surface area contributed by atoms with Gasteiger partial charge in [0.2, 0.25) is 10.0 Å². The summed E-state index contributed by atoms with van der Waals surface area (Å²) in [5, 5.41) is 0. The smallest absolute Gasteiger partial charge is 0.212 e. The predicted octanol–water partition coefficient (Wildman–Crippen LogP) is 2.13. The lowest BCUT2D eigenvalue weighted by molar-refractivity contribution is 0.378. The SMILES string of the molecule is CCS(=O)(=O)N1CCc2ccccc2[C@@H]1Cl. The molecule has 0 saturated carbocycles. The summed E-state index contributed by atoms with van der Waals surface area (Å²) in [6.45, 7) is 2.11. The van der Waals surface area contributed by atoms with E-state index in [-0.39, 0.29) is 5.75 Å². The van der Waals surface area contributed by atoms with Gasteiger partial charge >= 0.3 is 0 Å². The van der Waals surface area contributed by atoms with Crippen LogP contribution in [0.1, 0.15) is 23.6 Å². The molecule has 0 N–H and O–H groups in total. The standard InChI is InChI=1S/C11H14ClNO2S/c1-2-16(14,15)13-8-7-9-5-3-4-6-10(9)11(13)12/h3-6,11H,2,7-8H2,1H3/t11-/m1/s1. The minimum absolute atomic E-state index is 0.0956. The van der Waals surface area contributed by atoms with Gasteiger partial charge in [-0.3, -0.25) is 0 Å². The highest BCUT2D eigenvalue weighted by molar-refractivity contribution is 7.89. The van der Waals surface area contributed by atoms with Crippen LogP contribution >= 0.6 is 11.6 Å². The van der Waals surface area contributed by atoms with Gasteiger partial charge in [-0.2, -0.15) is 4.31 Å². The molecule has 0 bridgehead atoms. The first kappa shape index (κ1) is 11.9. The lowest BCUT2D eigenvalue weighted by Gasteiger charge is -2.32. The Kier molecular flexibility index (Phi) is 3.24. The number of hydrogen-bond donors (Lipinski definition) is 0. The minimum atomic E-state index is -3.21. The molecule has 88 valence electrons. The van der Waals surface area contributed by atoms with Gasteiger partial charge in [0.15, 0.2) is 0 Å². The molecule has 1 heterocycles. The molecule has 1 atom stereocenters. The fourth-order valence-corrected chi connectivity index (χ4v) is 3.71. The number of alkyl halides is 1. The van der Waals surface area contributed by atoms with Crippen molar-refractivity contribution in [1.29, 1.82) is 0 Å². The highest BCUT2D eigenvalue weighted by Crippen LogP contribution is 2.34. The molecular weight excluding hydrogens is 246 g/mol. The fraction of sp³-hybridized carbons (Fsp3) is 0.455. The molecule has 1 aliphatic heterocycles. The molecule has 0 saturated heterocycles. The van der Waals surface area contributed by atoms with E-state index in [1.807, 2.05) is 24.3 Å². The van der Waals surface area contributed by atoms with Crippen molar-refractivity contribution in [3.8, 4) is 0 Å². The molecular formula is C11H14ClNO2S. The summed E-state index contributed by atoms with van der Waals surface area (Å²) in [5.41, 5.74) is 1.49.